The molecule has 2 aromatic heterocycles. The molecule has 4 aliphatic carbocycles. The van der Waals surface area contributed by atoms with Crippen LogP contribution in [0.4, 0.5) is 4.39 Å². The van der Waals surface area contributed by atoms with Crippen LogP contribution in [0.25, 0.3) is 11.8 Å². The maximum atomic E-state index is 13.6. The summed E-state index contributed by atoms with van der Waals surface area (Å²) in [7, 11) is 0. The van der Waals surface area contributed by atoms with Crippen LogP contribution in [0.15, 0.2) is 52.8 Å². The predicted octanol–water partition coefficient (Wildman–Crippen LogP) is 5.20. The molecule has 0 amide bonds. The summed E-state index contributed by atoms with van der Waals surface area (Å²) in [6.07, 6.45) is 8.54. The lowest BCUT2D eigenvalue weighted by molar-refractivity contribution is -0.174. The Kier molecular flexibility index (Phi) is 5.93. The highest BCUT2D eigenvalue weighted by Gasteiger charge is 2.70. The van der Waals surface area contributed by atoms with Gasteiger partial charge in [-0.05, 0) is 97.6 Å². The number of thiol groups is 1. The van der Waals surface area contributed by atoms with Gasteiger partial charge >= 0.3 is 5.97 Å². The van der Waals surface area contributed by atoms with Crippen molar-refractivity contribution in [3.63, 3.8) is 0 Å². The van der Waals surface area contributed by atoms with Crippen LogP contribution in [0.1, 0.15) is 67.8 Å². The molecule has 41 heavy (non-hydrogen) atoms. The molecule has 0 saturated heterocycles. The van der Waals surface area contributed by atoms with Crippen LogP contribution < -0.4 is 0 Å². The Morgan fingerprint density at radius 2 is 1.98 bits per heavy atom. The average molecular weight is 578 g/mol. The number of halogens is 1. The molecule has 0 radical (unpaired) electrons. The van der Waals surface area contributed by atoms with E-state index in [1.54, 1.807) is 12.1 Å². The van der Waals surface area contributed by atoms with E-state index in [1.807, 2.05) is 17.8 Å². The van der Waals surface area contributed by atoms with Gasteiger partial charge in [0.15, 0.2) is 5.60 Å². The molecule has 8 nitrogen and oxygen atoms in total. The minimum absolute atomic E-state index is 0.0290. The second-order valence-corrected chi connectivity index (χ2v) is 13.1. The Bertz CT molecular complexity index is 1570. The van der Waals surface area contributed by atoms with E-state index in [1.165, 1.54) is 30.0 Å². The van der Waals surface area contributed by atoms with Crippen molar-refractivity contribution in [2.75, 3.05) is 0 Å². The number of aliphatic hydroxyl groups is 1. The highest BCUT2D eigenvalue weighted by Crippen LogP contribution is 2.68. The molecular formula is C31H32FN3O5S. The zero-order valence-corrected chi connectivity index (χ0v) is 23.8. The van der Waals surface area contributed by atoms with Gasteiger partial charge in [-0.3, -0.25) is 4.79 Å². The second kappa shape index (κ2) is 9.13. The van der Waals surface area contributed by atoms with Gasteiger partial charge in [-0.15, -0.1) is 12.6 Å². The summed E-state index contributed by atoms with van der Waals surface area (Å²) in [4.78, 5) is 26.2. The third-order valence-corrected chi connectivity index (χ3v) is 11.2. The quantitative estimate of drug-likeness (QED) is 0.324. The smallest absolute Gasteiger partial charge is 0.378 e. The van der Waals surface area contributed by atoms with Gasteiger partial charge in [0, 0.05) is 11.5 Å². The molecule has 7 rings (SSSR count). The van der Waals surface area contributed by atoms with Crippen molar-refractivity contribution in [2.45, 2.75) is 64.1 Å². The fraction of sp³-hybridized carbons (Fsp3) is 0.484. The molecule has 214 valence electrons. The number of allylic oxidation sites excluding steroid dienone is 1. The molecule has 1 aromatic carbocycles. The minimum Gasteiger partial charge on any atom is -0.444 e. The fourth-order valence-corrected chi connectivity index (χ4v) is 9.47. The third-order valence-electron chi connectivity index (χ3n) is 10.9. The standard InChI is InChI=1S/C31H32FN3O5S/c1-29-14-17-16-33-35(20-6-4-19(32)5-7-20)23(17)13-18(29)3-8-21-22-9-11-31(28(38)41,30(22,2)15-24(36)26(21)29)39-27(37)25-10-12-34-40-25/h4-7,10,12-13,16,21-22,24,26,36H,3,8-9,11,14-15H2,1-2H3,(H,38,41)/t21-,22-,24-,26+,29-,30-,31-/m0/s1. The Hall–Kier alpha value is -3.24. The van der Waals surface area contributed by atoms with Gasteiger partial charge < -0.3 is 14.4 Å². The van der Waals surface area contributed by atoms with Gasteiger partial charge in [0.1, 0.15) is 5.82 Å². The highest BCUT2D eigenvalue weighted by molar-refractivity contribution is 7.96. The van der Waals surface area contributed by atoms with Gasteiger partial charge in [-0.25, -0.2) is 13.9 Å². The number of carbonyl (C=O) groups is 2. The number of aliphatic hydroxyl groups excluding tert-OH is 1. The molecule has 3 fully saturated rings. The van der Waals surface area contributed by atoms with E-state index >= 15 is 0 Å². The van der Waals surface area contributed by atoms with Crippen LogP contribution in [0.3, 0.4) is 0 Å². The monoisotopic (exact) mass is 577 g/mol. The van der Waals surface area contributed by atoms with Crippen LogP contribution in [-0.2, 0) is 16.0 Å². The molecule has 1 N–H and O–H groups in total. The number of aromatic nitrogens is 3. The van der Waals surface area contributed by atoms with Crippen LogP contribution in [0, 0.1) is 34.4 Å². The normalized spacial score (nSPS) is 35.5. The predicted molar refractivity (Wildman–Crippen MR) is 150 cm³/mol. The van der Waals surface area contributed by atoms with E-state index in [0.29, 0.717) is 19.3 Å². The lowest BCUT2D eigenvalue weighted by Crippen LogP contribution is -2.62. The SMILES string of the molecule is C[C@]12Cc3cnn(-c4ccc(F)cc4)c3C=C1CC[C@@H]1[C@@H]2[C@@H](O)C[C@@]2(C)[C@H]1CC[C@]2(OC(=O)c1ccno1)C(=O)S. The molecular weight excluding hydrogens is 545 g/mol. The first-order valence-electron chi connectivity index (χ1n) is 14.2. The van der Waals surface area contributed by atoms with Crippen molar-refractivity contribution in [1.82, 2.24) is 14.9 Å². The number of fused-ring (bicyclic) bond motifs is 6. The first-order valence-corrected chi connectivity index (χ1v) is 14.6. The van der Waals surface area contributed by atoms with Crippen LogP contribution in [-0.4, -0.2) is 42.8 Å². The van der Waals surface area contributed by atoms with Crippen molar-refractivity contribution in [2.24, 2.45) is 28.6 Å². The second-order valence-electron chi connectivity index (χ2n) is 12.7. The topological polar surface area (TPSA) is 107 Å². The largest absolute Gasteiger partial charge is 0.444 e. The number of rotatable bonds is 4. The minimum atomic E-state index is -1.47. The zero-order chi connectivity index (χ0) is 28.7. The summed E-state index contributed by atoms with van der Waals surface area (Å²) in [5.74, 6) is -0.935. The van der Waals surface area contributed by atoms with Crippen LogP contribution in [0.5, 0.6) is 0 Å². The number of hydrogen-bond donors (Lipinski definition) is 2. The van der Waals surface area contributed by atoms with E-state index < -0.39 is 28.2 Å². The summed E-state index contributed by atoms with van der Waals surface area (Å²) in [6.45, 7) is 4.22. The van der Waals surface area contributed by atoms with E-state index in [4.69, 9.17) is 9.26 Å². The van der Waals surface area contributed by atoms with Crippen molar-refractivity contribution in [3.05, 3.63) is 71.1 Å². The van der Waals surface area contributed by atoms with E-state index in [-0.39, 0.29) is 34.7 Å². The summed E-state index contributed by atoms with van der Waals surface area (Å²) >= 11 is 4.25. The van der Waals surface area contributed by atoms with Crippen LogP contribution >= 0.6 is 12.6 Å². The van der Waals surface area contributed by atoms with Crippen molar-refractivity contribution >= 4 is 29.8 Å². The molecule has 4 aliphatic rings. The van der Waals surface area contributed by atoms with Gasteiger partial charge in [-0.1, -0.05) is 24.6 Å². The van der Waals surface area contributed by atoms with Crippen molar-refractivity contribution in [1.29, 1.82) is 0 Å². The number of nitrogens with zero attached hydrogens (tertiary/aromatic N) is 3. The Labute approximate surface area is 242 Å². The number of hydrogen-bond acceptors (Lipinski definition) is 7. The fourth-order valence-electron chi connectivity index (χ4n) is 9.05. The van der Waals surface area contributed by atoms with E-state index in [9.17, 15) is 19.1 Å². The highest BCUT2D eigenvalue weighted by atomic mass is 32.1. The lowest BCUT2D eigenvalue weighted by Gasteiger charge is -2.60. The molecule has 3 saturated carbocycles. The number of esters is 1. The third kappa shape index (κ3) is 3.69. The van der Waals surface area contributed by atoms with Gasteiger partial charge in [0.2, 0.25) is 10.9 Å². The molecule has 0 unspecified atom stereocenters. The maximum absolute atomic E-state index is 13.6. The first kappa shape index (κ1) is 26.6. The average Bonchev–Trinajstić information content (AvgIpc) is 3.66. The Balaban J connectivity index is 1.22. The molecule has 0 bridgehead atoms. The van der Waals surface area contributed by atoms with Crippen molar-refractivity contribution in [3.8, 4) is 5.69 Å². The van der Waals surface area contributed by atoms with Gasteiger partial charge in [0.25, 0.3) is 0 Å². The number of carbonyl (C=O) groups excluding carboxylic acids is 2. The maximum Gasteiger partial charge on any atom is 0.378 e. The van der Waals surface area contributed by atoms with E-state index in [0.717, 1.165) is 36.2 Å². The summed E-state index contributed by atoms with van der Waals surface area (Å²) in [5.41, 5.74) is 1.63. The summed E-state index contributed by atoms with van der Waals surface area (Å²) in [5, 5.41) is 19.7. The molecule has 0 spiro atoms. The van der Waals surface area contributed by atoms with E-state index in [2.05, 4.69) is 35.9 Å². The molecule has 7 atom stereocenters. The molecule has 10 heteroatoms. The Morgan fingerprint density at radius 1 is 1.20 bits per heavy atom. The van der Waals surface area contributed by atoms with Gasteiger partial charge in [-0.2, -0.15) is 5.10 Å². The van der Waals surface area contributed by atoms with Crippen LogP contribution in [0.2, 0.25) is 0 Å². The summed E-state index contributed by atoms with van der Waals surface area (Å²) in [6, 6.07) is 7.72. The number of benzene rings is 1. The van der Waals surface area contributed by atoms with Gasteiger partial charge in [0.05, 0.1) is 29.9 Å². The lowest BCUT2D eigenvalue weighted by atomic mass is 9.45. The molecule has 2 heterocycles. The van der Waals surface area contributed by atoms with Crippen molar-refractivity contribution < 1.29 is 28.3 Å². The molecule has 3 aromatic rings. The molecule has 0 aliphatic heterocycles. The Morgan fingerprint density at radius 3 is 2.68 bits per heavy atom. The first-order chi connectivity index (χ1) is 19.6. The zero-order valence-electron chi connectivity index (χ0n) is 22.9. The summed E-state index contributed by atoms with van der Waals surface area (Å²) < 4.78 is 26.4. The number of ether oxygens (including phenoxy) is 1.